The summed E-state index contributed by atoms with van der Waals surface area (Å²) in [6, 6.07) is 19.2. The molecule has 3 aromatic carbocycles. The largest absolute Gasteiger partial charge is 0.469 e. The fraction of sp³-hybridized carbons (Fsp3) is 0.167. The molecule has 0 radical (unpaired) electrons. The number of thioether (sulfide) groups is 1. The molecule has 0 saturated heterocycles. The fourth-order valence-electron chi connectivity index (χ4n) is 3.24. The van der Waals surface area contributed by atoms with Crippen LogP contribution in [0.5, 0.6) is 0 Å². The van der Waals surface area contributed by atoms with Gasteiger partial charge in [-0.2, -0.15) is 13.2 Å². The standard InChI is InChI=1S/C24H19F3N2O2S/c1-31-22(30)12-13-32-19-9-6-16(7-10-19)15-2-4-17(5-3-15)23-28-20-11-8-18(24(25,26)27)14-21(20)29-23/h2-11,14H,12-13H2,1H3,(H,28,29). The van der Waals surface area contributed by atoms with Crippen LogP contribution in [0.3, 0.4) is 0 Å². The van der Waals surface area contributed by atoms with Crippen molar-refractivity contribution in [3.05, 3.63) is 72.3 Å². The number of ether oxygens (including phenoxy) is 1. The summed E-state index contributed by atoms with van der Waals surface area (Å²) in [7, 11) is 1.38. The number of fused-ring (bicyclic) bond motifs is 1. The number of esters is 1. The van der Waals surface area contributed by atoms with Crippen molar-refractivity contribution in [1.29, 1.82) is 0 Å². The zero-order valence-electron chi connectivity index (χ0n) is 17.1. The van der Waals surface area contributed by atoms with Gasteiger partial charge in [0.25, 0.3) is 0 Å². The summed E-state index contributed by atoms with van der Waals surface area (Å²) in [5.74, 6) is 0.950. The van der Waals surface area contributed by atoms with E-state index < -0.39 is 11.7 Å². The predicted molar refractivity (Wildman–Crippen MR) is 119 cm³/mol. The van der Waals surface area contributed by atoms with Gasteiger partial charge in [0, 0.05) is 16.2 Å². The van der Waals surface area contributed by atoms with Crippen LogP contribution in [0, 0.1) is 0 Å². The highest BCUT2D eigenvalue weighted by Gasteiger charge is 2.30. The second-order valence-corrected chi connectivity index (χ2v) is 8.26. The molecule has 0 spiro atoms. The molecular weight excluding hydrogens is 437 g/mol. The zero-order valence-corrected chi connectivity index (χ0v) is 17.9. The first-order chi connectivity index (χ1) is 15.3. The number of aromatic amines is 1. The second-order valence-electron chi connectivity index (χ2n) is 7.09. The Labute approximate surface area is 186 Å². The zero-order chi connectivity index (χ0) is 22.7. The van der Waals surface area contributed by atoms with Crippen molar-refractivity contribution in [1.82, 2.24) is 9.97 Å². The maximum atomic E-state index is 12.9. The molecule has 1 N–H and O–H groups in total. The number of hydrogen-bond donors (Lipinski definition) is 1. The normalized spacial score (nSPS) is 11.6. The van der Waals surface area contributed by atoms with E-state index in [1.807, 2.05) is 48.5 Å². The Balaban J connectivity index is 1.47. The molecule has 0 aliphatic rings. The van der Waals surface area contributed by atoms with Gasteiger partial charge in [0.15, 0.2) is 0 Å². The summed E-state index contributed by atoms with van der Waals surface area (Å²) in [6.07, 6.45) is -4.03. The highest BCUT2D eigenvalue weighted by Crippen LogP contribution is 2.32. The molecule has 1 heterocycles. The van der Waals surface area contributed by atoms with Crippen LogP contribution in [-0.4, -0.2) is 28.8 Å². The van der Waals surface area contributed by atoms with Crippen molar-refractivity contribution < 1.29 is 22.7 Å². The summed E-state index contributed by atoms with van der Waals surface area (Å²) in [6.45, 7) is 0. The first-order valence-electron chi connectivity index (χ1n) is 9.81. The van der Waals surface area contributed by atoms with Gasteiger partial charge in [0.05, 0.1) is 30.1 Å². The molecule has 0 aliphatic carbocycles. The number of carbonyl (C=O) groups excluding carboxylic acids is 1. The first kappa shape index (κ1) is 22.0. The molecule has 0 atom stereocenters. The minimum Gasteiger partial charge on any atom is -0.469 e. The molecule has 8 heteroatoms. The van der Waals surface area contributed by atoms with Crippen LogP contribution in [0.4, 0.5) is 13.2 Å². The molecule has 164 valence electrons. The highest BCUT2D eigenvalue weighted by molar-refractivity contribution is 7.99. The summed E-state index contributed by atoms with van der Waals surface area (Å²) in [5, 5.41) is 0. The average Bonchev–Trinajstić information content (AvgIpc) is 3.22. The van der Waals surface area contributed by atoms with E-state index in [9.17, 15) is 18.0 Å². The monoisotopic (exact) mass is 456 g/mol. The predicted octanol–water partition coefficient (Wildman–Crippen LogP) is 6.57. The highest BCUT2D eigenvalue weighted by atomic mass is 32.2. The van der Waals surface area contributed by atoms with Crippen LogP contribution < -0.4 is 0 Å². The first-order valence-corrected chi connectivity index (χ1v) is 10.8. The van der Waals surface area contributed by atoms with Gasteiger partial charge >= 0.3 is 12.1 Å². The minimum absolute atomic E-state index is 0.223. The van der Waals surface area contributed by atoms with Gasteiger partial charge in [0.2, 0.25) is 0 Å². The van der Waals surface area contributed by atoms with E-state index >= 15 is 0 Å². The number of methoxy groups -OCH3 is 1. The van der Waals surface area contributed by atoms with Gasteiger partial charge in [0.1, 0.15) is 5.82 Å². The van der Waals surface area contributed by atoms with E-state index in [2.05, 4.69) is 14.7 Å². The number of rotatable bonds is 6. The summed E-state index contributed by atoms with van der Waals surface area (Å²) in [5.41, 5.74) is 2.95. The Morgan fingerprint density at radius 2 is 1.59 bits per heavy atom. The van der Waals surface area contributed by atoms with Gasteiger partial charge in [-0.3, -0.25) is 4.79 Å². The van der Waals surface area contributed by atoms with Crippen molar-refractivity contribution in [3.8, 4) is 22.5 Å². The Bertz CT molecular complexity index is 1230. The van der Waals surface area contributed by atoms with Gasteiger partial charge in [-0.1, -0.05) is 36.4 Å². The number of aromatic nitrogens is 2. The van der Waals surface area contributed by atoms with Crippen molar-refractivity contribution in [2.45, 2.75) is 17.5 Å². The molecule has 0 amide bonds. The molecule has 4 nitrogen and oxygen atoms in total. The topological polar surface area (TPSA) is 55.0 Å². The molecule has 0 saturated carbocycles. The molecular formula is C24H19F3N2O2S. The smallest absolute Gasteiger partial charge is 0.416 e. The van der Waals surface area contributed by atoms with E-state index in [0.29, 0.717) is 29.0 Å². The molecule has 32 heavy (non-hydrogen) atoms. The van der Waals surface area contributed by atoms with Crippen molar-refractivity contribution in [2.75, 3.05) is 12.9 Å². The lowest BCUT2D eigenvalue weighted by Gasteiger charge is -2.05. The SMILES string of the molecule is COC(=O)CCSc1ccc(-c2ccc(-c3nc4ccc(C(F)(F)F)cc4[nH]3)cc2)cc1. The van der Waals surface area contributed by atoms with Crippen LogP contribution in [0.2, 0.25) is 0 Å². The van der Waals surface area contributed by atoms with E-state index in [4.69, 9.17) is 0 Å². The number of imidazole rings is 1. The maximum absolute atomic E-state index is 12.9. The number of nitrogens with zero attached hydrogens (tertiary/aromatic N) is 1. The Kier molecular flexibility index (Phi) is 6.23. The van der Waals surface area contributed by atoms with E-state index in [1.54, 1.807) is 11.8 Å². The quantitative estimate of drug-likeness (QED) is 0.263. The van der Waals surface area contributed by atoms with Gasteiger partial charge in [-0.15, -0.1) is 11.8 Å². The van der Waals surface area contributed by atoms with E-state index in [1.165, 1.54) is 13.2 Å². The molecule has 4 rings (SSSR count). The summed E-state index contributed by atoms with van der Waals surface area (Å²) < 4.78 is 43.4. The Morgan fingerprint density at radius 3 is 2.22 bits per heavy atom. The number of halogens is 3. The lowest BCUT2D eigenvalue weighted by molar-refractivity contribution is -0.140. The average molecular weight is 456 g/mol. The van der Waals surface area contributed by atoms with Gasteiger partial charge < -0.3 is 9.72 Å². The van der Waals surface area contributed by atoms with Gasteiger partial charge in [-0.05, 0) is 41.5 Å². The van der Waals surface area contributed by atoms with Crippen LogP contribution in [-0.2, 0) is 15.7 Å². The number of nitrogens with one attached hydrogen (secondary N) is 1. The van der Waals surface area contributed by atoms with E-state index in [-0.39, 0.29) is 5.97 Å². The minimum atomic E-state index is -4.39. The molecule has 1 aromatic heterocycles. The third kappa shape index (κ3) is 4.96. The number of hydrogen-bond acceptors (Lipinski definition) is 4. The van der Waals surface area contributed by atoms with Gasteiger partial charge in [-0.25, -0.2) is 4.98 Å². The van der Waals surface area contributed by atoms with Crippen LogP contribution >= 0.6 is 11.8 Å². The van der Waals surface area contributed by atoms with Crippen LogP contribution in [0.25, 0.3) is 33.5 Å². The van der Waals surface area contributed by atoms with Crippen LogP contribution in [0.15, 0.2) is 71.6 Å². The lowest BCUT2D eigenvalue weighted by Crippen LogP contribution is -2.04. The van der Waals surface area contributed by atoms with Crippen LogP contribution in [0.1, 0.15) is 12.0 Å². The number of alkyl halides is 3. The number of carbonyl (C=O) groups is 1. The molecule has 0 aliphatic heterocycles. The van der Waals surface area contributed by atoms with E-state index in [0.717, 1.165) is 33.7 Å². The number of H-pyrrole nitrogens is 1. The molecule has 0 fully saturated rings. The third-order valence-corrected chi connectivity index (χ3v) is 5.97. The third-order valence-electron chi connectivity index (χ3n) is 4.96. The summed E-state index contributed by atoms with van der Waals surface area (Å²) >= 11 is 1.59. The Hall–Kier alpha value is -3.26. The fourth-order valence-corrected chi connectivity index (χ4v) is 4.07. The number of benzene rings is 3. The molecule has 0 bridgehead atoms. The van der Waals surface area contributed by atoms with Crippen molar-refractivity contribution in [2.24, 2.45) is 0 Å². The maximum Gasteiger partial charge on any atom is 0.416 e. The lowest BCUT2D eigenvalue weighted by atomic mass is 10.0. The Morgan fingerprint density at radius 1 is 0.969 bits per heavy atom. The second kappa shape index (κ2) is 9.08. The summed E-state index contributed by atoms with van der Waals surface area (Å²) in [4.78, 5) is 19.6. The van der Waals surface area contributed by atoms with Crippen molar-refractivity contribution >= 4 is 28.8 Å². The molecule has 4 aromatic rings. The molecule has 0 unspecified atom stereocenters. The van der Waals surface area contributed by atoms with Crippen molar-refractivity contribution in [3.63, 3.8) is 0 Å².